The lowest BCUT2D eigenvalue weighted by Crippen LogP contribution is -2.12. The van der Waals surface area contributed by atoms with E-state index >= 15 is 0 Å². The van der Waals surface area contributed by atoms with E-state index in [4.69, 9.17) is 5.73 Å². The molecule has 1 rings (SSSR count). The summed E-state index contributed by atoms with van der Waals surface area (Å²) in [6.45, 7) is 4.12. The van der Waals surface area contributed by atoms with Gasteiger partial charge in [0.15, 0.2) is 0 Å². The topological polar surface area (TPSA) is 83.5 Å². The zero-order valence-corrected chi connectivity index (χ0v) is 10.2. The Hall–Kier alpha value is -1.71. The fourth-order valence-corrected chi connectivity index (χ4v) is 1.72. The third-order valence-electron chi connectivity index (χ3n) is 2.78. The minimum atomic E-state index is -0.851. The molecule has 0 spiro atoms. The van der Waals surface area contributed by atoms with Gasteiger partial charge in [-0.2, -0.15) is 0 Å². The first-order chi connectivity index (χ1) is 7.91. The average Bonchev–Trinajstić information content (AvgIpc) is 2.22. The molecule has 4 heteroatoms. The van der Waals surface area contributed by atoms with Crippen molar-refractivity contribution in [1.82, 2.24) is 0 Å². The highest BCUT2D eigenvalue weighted by Gasteiger charge is 2.20. The molecule has 0 amide bonds. The number of carbonyl (C=O) groups is 1. The van der Waals surface area contributed by atoms with Gasteiger partial charge in [0.05, 0.1) is 11.6 Å². The lowest BCUT2D eigenvalue weighted by molar-refractivity contribution is -0.139. The molecule has 1 atom stereocenters. The van der Waals surface area contributed by atoms with E-state index in [1.165, 1.54) is 12.1 Å². The Kier molecular flexibility index (Phi) is 4.37. The van der Waals surface area contributed by atoms with E-state index < -0.39 is 11.9 Å². The van der Waals surface area contributed by atoms with Crippen LogP contribution in [0.15, 0.2) is 18.2 Å². The molecule has 17 heavy (non-hydrogen) atoms. The van der Waals surface area contributed by atoms with Gasteiger partial charge in [-0.15, -0.1) is 0 Å². The molecule has 0 aliphatic heterocycles. The molecule has 1 aromatic carbocycles. The van der Waals surface area contributed by atoms with Crippen LogP contribution in [-0.4, -0.2) is 16.2 Å². The SMILES string of the molecule is CC(C)CCC(C(=O)O)c1ccc(O)c(N)c1. The second-order valence-electron chi connectivity index (χ2n) is 4.68. The van der Waals surface area contributed by atoms with Gasteiger partial charge in [0, 0.05) is 0 Å². The average molecular weight is 237 g/mol. The second-order valence-corrected chi connectivity index (χ2v) is 4.68. The maximum Gasteiger partial charge on any atom is 0.310 e. The zero-order valence-electron chi connectivity index (χ0n) is 10.2. The van der Waals surface area contributed by atoms with Crippen LogP contribution in [0.3, 0.4) is 0 Å². The summed E-state index contributed by atoms with van der Waals surface area (Å²) < 4.78 is 0. The summed E-state index contributed by atoms with van der Waals surface area (Å²) in [6, 6.07) is 4.59. The van der Waals surface area contributed by atoms with E-state index in [0.717, 1.165) is 6.42 Å². The number of rotatable bonds is 5. The lowest BCUT2D eigenvalue weighted by Gasteiger charge is -2.15. The molecule has 0 aliphatic carbocycles. The van der Waals surface area contributed by atoms with Gasteiger partial charge in [-0.05, 0) is 36.5 Å². The Bertz CT molecular complexity index is 402. The number of aromatic hydroxyl groups is 1. The number of carboxylic acids is 1. The maximum atomic E-state index is 11.2. The first kappa shape index (κ1) is 13.4. The van der Waals surface area contributed by atoms with Gasteiger partial charge in [-0.3, -0.25) is 4.79 Å². The molecule has 0 aromatic heterocycles. The van der Waals surface area contributed by atoms with Gasteiger partial charge in [0.1, 0.15) is 5.75 Å². The van der Waals surface area contributed by atoms with Gasteiger partial charge < -0.3 is 15.9 Å². The molecule has 0 bridgehead atoms. The number of phenolic OH excluding ortho intramolecular Hbond substituents is 1. The number of phenols is 1. The predicted molar refractivity (Wildman–Crippen MR) is 67.0 cm³/mol. The molecule has 0 aliphatic rings. The van der Waals surface area contributed by atoms with E-state index in [0.29, 0.717) is 17.9 Å². The summed E-state index contributed by atoms with van der Waals surface area (Å²) in [5.74, 6) is -0.955. The van der Waals surface area contributed by atoms with Crippen molar-refractivity contribution in [2.24, 2.45) is 5.92 Å². The Morgan fingerprint density at radius 1 is 1.35 bits per heavy atom. The van der Waals surface area contributed by atoms with E-state index in [1.807, 2.05) is 0 Å². The first-order valence-corrected chi connectivity index (χ1v) is 5.73. The van der Waals surface area contributed by atoms with E-state index in [9.17, 15) is 15.0 Å². The fraction of sp³-hybridized carbons (Fsp3) is 0.462. The quantitative estimate of drug-likeness (QED) is 0.543. The van der Waals surface area contributed by atoms with Crippen molar-refractivity contribution in [2.75, 3.05) is 5.73 Å². The van der Waals surface area contributed by atoms with Gasteiger partial charge in [-0.25, -0.2) is 0 Å². The number of benzene rings is 1. The van der Waals surface area contributed by atoms with Crippen molar-refractivity contribution >= 4 is 11.7 Å². The molecule has 1 aromatic rings. The largest absolute Gasteiger partial charge is 0.506 e. The molecule has 4 N–H and O–H groups in total. The molecule has 0 radical (unpaired) electrons. The monoisotopic (exact) mass is 237 g/mol. The molecule has 0 fully saturated rings. The number of nitrogen functional groups attached to an aromatic ring is 1. The third kappa shape index (κ3) is 3.66. The van der Waals surface area contributed by atoms with Crippen molar-refractivity contribution in [3.63, 3.8) is 0 Å². The van der Waals surface area contributed by atoms with Crippen LogP contribution in [0, 0.1) is 5.92 Å². The molecular formula is C13H19NO3. The molecule has 0 heterocycles. The van der Waals surface area contributed by atoms with Gasteiger partial charge >= 0.3 is 5.97 Å². The molecule has 4 nitrogen and oxygen atoms in total. The van der Waals surface area contributed by atoms with Crippen LogP contribution in [0.1, 0.15) is 38.2 Å². The standard InChI is InChI=1S/C13H19NO3/c1-8(2)3-5-10(13(16)17)9-4-6-12(15)11(14)7-9/h4,6-8,10,15H,3,5,14H2,1-2H3,(H,16,17). The Morgan fingerprint density at radius 2 is 2.00 bits per heavy atom. The highest BCUT2D eigenvalue weighted by molar-refractivity contribution is 5.77. The summed E-state index contributed by atoms with van der Waals surface area (Å²) in [7, 11) is 0. The van der Waals surface area contributed by atoms with Crippen LogP contribution in [0.4, 0.5) is 5.69 Å². The Morgan fingerprint density at radius 3 is 2.47 bits per heavy atom. The lowest BCUT2D eigenvalue weighted by atomic mass is 9.91. The second kappa shape index (κ2) is 5.57. The number of aliphatic carboxylic acids is 1. The summed E-state index contributed by atoms with van der Waals surface area (Å²) in [5, 5.41) is 18.5. The van der Waals surface area contributed by atoms with E-state index in [-0.39, 0.29) is 11.4 Å². The van der Waals surface area contributed by atoms with Crippen molar-refractivity contribution in [1.29, 1.82) is 0 Å². The van der Waals surface area contributed by atoms with Crippen molar-refractivity contribution in [3.8, 4) is 5.75 Å². The van der Waals surface area contributed by atoms with Crippen LogP contribution in [0.2, 0.25) is 0 Å². The Labute approximate surface area is 101 Å². The number of hydrogen-bond donors (Lipinski definition) is 3. The van der Waals surface area contributed by atoms with Crippen LogP contribution >= 0.6 is 0 Å². The highest BCUT2D eigenvalue weighted by Crippen LogP contribution is 2.29. The van der Waals surface area contributed by atoms with Gasteiger partial charge in [0.25, 0.3) is 0 Å². The maximum absolute atomic E-state index is 11.2. The summed E-state index contributed by atoms with van der Waals surface area (Å²) in [5.41, 5.74) is 6.44. The summed E-state index contributed by atoms with van der Waals surface area (Å²) in [4.78, 5) is 11.2. The van der Waals surface area contributed by atoms with Crippen LogP contribution in [0.5, 0.6) is 5.75 Å². The van der Waals surface area contributed by atoms with E-state index in [2.05, 4.69) is 13.8 Å². The zero-order chi connectivity index (χ0) is 13.0. The molecule has 0 saturated heterocycles. The van der Waals surface area contributed by atoms with Crippen LogP contribution in [0.25, 0.3) is 0 Å². The smallest absolute Gasteiger partial charge is 0.310 e. The molecule has 94 valence electrons. The van der Waals surface area contributed by atoms with Crippen molar-refractivity contribution in [2.45, 2.75) is 32.6 Å². The van der Waals surface area contributed by atoms with Crippen LogP contribution in [-0.2, 0) is 4.79 Å². The minimum Gasteiger partial charge on any atom is -0.506 e. The van der Waals surface area contributed by atoms with Crippen molar-refractivity contribution < 1.29 is 15.0 Å². The molecular weight excluding hydrogens is 218 g/mol. The first-order valence-electron chi connectivity index (χ1n) is 5.73. The number of nitrogens with two attached hydrogens (primary N) is 1. The van der Waals surface area contributed by atoms with Gasteiger partial charge in [-0.1, -0.05) is 19.9 Å². The van der Waals surface area contributed by atoms with E-state index in [1.54, 1.807) is 6.07 Å². The number of anilines is 1. The van der Waals surface area contributed by atoms with Crippen molar-refractivity contribution in [3.05, 3.63) is 23.8 Å². The highest BCUT2D eigenvalue weighted by atomic mass is 16.4. The summed E-state index contributed by atoms with van der Waals surface area (Å²) >= 11 is 0. The Balaban J connectivity index is 2.89. The number of hydrogen-bond acceptors (Lipinski definition) is 3. The minimum absolute atomic E-state index is 0.0123. The normalized spacial score (nSPS) is 12.6. The fourth-order valence-electron chi connectivity index (χ4n) is 1.72. The molecule has 1 unspecified atom stereocenters. The number of carboxylic acid groups (broad SMARTS) is 1. The summed E-state index contributed by atoms with van der Waals surface area (Å²) in [6.07, 6.45) is 1.43. The van der Waals surface area contributed by atoms with Gasteiger partial charge in [0.2, 0.25) is 0 Å². The third-order valence-corrected chi connectivity index (χ3v) is 2.78. The predicted octanol–water partition coefficient (Wildman–Crippen LogP) is 2.58. The molecule has 0 saturated carbocycles. The van der Waals surface area contributed by atoms with Crippen LogP contribution < -0.4 is 5.73 Å².